The van der Waals surface area contributed by atoms with E-state index in [9.17, 15) is 0 Å². The van der Waals surface area contributed by atoms with Gasteiger partial charge < -0.3 is 9.73 Å². The number of hydrogen-bond acceptors (Lipinski definition) is 2. The van der Waals surface area contributed by atoms with Crippen LogP contribution in [0.2, 0.25) is 0 Å². The third-order valence-electron chi connectivity index (χ3n) is 2.69. The van der Waals surface area contributed by atoms with E-state index in [4.69, 9.17) is 4.42 Å². The Balaban J connectivity index is 2.33. The topological polar surface area (TPSA) is 25.2 Å². The van der Waals surface area contributed by atoms with Crippen LogP contribution in [-0.2, 0) is 0 Å². The highest BCUT2D eigenvalue weighted by molar-refractivity contribution is 14.1. The number of nitrogens with one attached hydrogen (secondary N) is 1. The van der Waals surface area contributed by atoms with E-state index in [0.29, 0.717) is 0 Å². The number of furan rings is 1. The quantitative estimate of drug-likeness (QED) is 0.708. The van der Waals surface area contributed by atoms with Crippen LogP contribution in [0.3, 0.4) is 0 Å². The van der Waals surface area contributed by atoms with Gasteiger partial charge in [-0.05, 0) is 75.2 Å². The summed E-state index contributed by atoms with van der Waals surface area (Å²) in [5.74, 6) is 0.944. The molecule has 4 heteroatoms. The zero-order valence-corrected chi connectivity index (χ0v) is 13.9. The van der Waals surface area contributed by atoms with Crippen LogP contribution in [0.1, 0.15) is 30.7 Å². The van der Waals surface area contributed by atoms with Gasteiger partial charge in [0, 0.05) is 3.57 Å². The third kappa shape index (κ3) is 3.36. The standard InChI is InChI=1S/C14H15BrINO/c1-2-9-17-14(12-7-8-13(15)18-12)10-5-3-4-6-11(10)16/h3-8,14,17H,2,9H2,1H3. The second kappa shape index (κ2) is 6.73. The second-order valence-corrected chi connectivity index (χ2v) is 5.99. The predicted molar refractivity (Wildman–Crippen MR) is 85.7 cm³/mol. The van der Waals surface area contributed by atoms with Crippen molar-refractivity contribution in [3.63, 3.8) is 0 Å². The maximum absolute atomic E-state index is 5.70. The number of hydrogen-bond donors (Lipinski definition) is 1. The zero-order valence-electron chi connectivity index (χ0n) is 10.1. The van der Waals surface area contributed by atoms with Gasteiger partial charge >= 0.3 is 0 Å². The monoisotopic (exact) mass is 419 g/mol. The molecule has 1 heterocycles. The van der Waals surface area contributed by atoms with Gasteiger partial charge in [0.05, 0.1) is 6.04 Å². The molecule has 96 valence electrons. The van der Waals surface area contributed by atoms with Crippen molar-refractivity contribution in [2.24, 2.45) is 0 Å². The normalized spacial score (nSPS) is 12.6. The number of halogens is 2. The van der Waals surface area contributed by atoms with E-state index in [1.165, 1.54) is 9.13 Å². The molecule has 0 radical (unpaired) electrons. The molecule has 2 rings (SSSR count). The SMILES string of the molecule is CCCNC(c1ccc(Br)o1)c1ccccc1I. The first-order valence-electron chi connectivity index (χ1n) is 5.95. The van der Waals surface area contributed by atoms with E-state index < -0.39 is 0 Å². The largest absolute Gasteiger partial charge is 0.452 e. The summed E-state index contributed by atoms with van der Waals surface area (Å²) < 4.78 is 7.72. The summed E-state index contributed by atoms with van der Waals surface area (Å²) in [6.45, 7) is 3.13. The van der Waals surface area contributed by atoms with Gasteiger partial charge in [-0.15, -0.1) is 0 Å². The first kappa shape index (κ1) is 14.1. The molecule has 1 N–H and O–H groups in total. The first-order valence-corrected chi connectivity index (χ1v) is 7.82. The van der Waals surface area contributed by atoms with Crippen LogP contribution in [0.15, 0.2) is 45.5 Å². The highest BCUT2D eigenvalue weighted by Crippen LogP contribution is 2.28. The fourth-order valence-electron chi connectivity index (χ4n) is 1.85. The molecule has 1 aromatic carbocycles. The Morgan fingerprint density at radius 1 is 1.28 bits per heavy atom. The van der Waals surface area contributed by atoms with Crippen molar-refractivity contribution in [3.05, 3.63) is 56.0 Å². The molecule has 0 bridgehead atoms. The summed E-state index contributed by atoms with van der Waals surface area (Å²) in [7, 11) is 0. The lowest BCUT2D eigenvalue weighted by Gasteiger charge is -2.18. The maximum Gasteiger partial charge on any atom is 0.169 e. The van der Waals surface area contributed by atoms with Gasteiger partial charge in [-0.1, -0.05) is 25.1 Å². The third-order valence-corrected chi connectivity index (χ3v) is 4.10. The molecule has 18 heavy (non-hydrogen) atoms. The lowest BCUT2D eigenvalue weighted by molar-refractivity contribution is 0.432. The molecule has 0 aliphatic rings. The first-order chi connectivity index (χ1) is 8.72. The zero-order chi connectivity index (χ0) is 13.0. The maximum atomic E-state index is 5.70. The van der Waals surface area contributed by atoms with Crippen LogP contribution in [0.4, 0.5) is 0 Å². The molecule has 0 saturated carbocycles. The summed E-state index contributed by atoms with van der Waals surface area (Å²) in [6, 6.07) is 12.5. The summed E-state index contributed by atoms with van der Waals surface area (Å²) in [6.07, 6.45) is 1.10. The molecule has 0 saturated heterocycles. The van der Waals surface area contributed by atoms with Gasteiger partial charge in [-0.25, -0.2) is 0 Å². The molecule has 0 spiro atoms. The summed E-state index contributed by atoms with van der Waals surface area (Å²) >= 11 is 5.73. The molecule has 1 unspecified atom stereocenters. The van der Waals surface area contributed by atoms with E-state index in [0.717, 1.165) is 23.4 Å². The molecule has 0 amide bonds. The smallest absolute Gasteiger partial charge is 0.169 e. The fraction of sp³-hybridized carbons (Fsp3) is 0.286. The van der Waals surface area contributed by atoms with Gasteiger partial charge in [-0.3, -0.25) is 0 Å². The second-order valence-electron chi connectivity index (χ2n) is 4.05. The van der Waals surface area contributed by atoms with Crippen molar-refractivity contribution in [2.45, 2.75) is 19.4 Å². The predicted octanol–water partition coefficient (Wildman–Crippen LogP) is 4.74. The molecular weight excluding hydrogens is 405 g/mol. The number of benzene rings is 1. The Morgan fingerprint density at radius 3 is 2.67 bits per heavy atom. The van der Waals surface area contributed by atoms with E-state index >= 15 is 0 Å². The Bertz CT molecular complexity index is 512. The Kier molecular flexibility index (Phi) is 5.26. The lowest BCUT2D eigenvalue weighted by Crippen LogP contribution is -2.23. The highest BCUT2D eigenvalue weighted by atomic mass is 127. The Labute approximate surface area is 129 Å². The summed E-state index contributed by atoms with van der Waals surface area (Å²) in [5.41, 5.74) is 1.26. The fourth-order valence-corrected chi connectivity index (χ4v) is 2.86. The summed E-state index contributed by atoms with van der Waals surface area (Å²) in [4.78, 5) is 0. The van der Waals surface area contributed by atoms with Crippen LogP contribution in [0, 0.1) is 3.57 Å². The average molecular weight is 420 g/mol. The van der Waals surface area contributed by atoms with Crippen LogP contribution in [-0.4, -0.2) is 6.54 Å². The minimum Gasteiger partial charge on any atom is -0.452 e. The van der Waals surface area contributed by atoms with Crippen molar-refractivity contribution in [1.29, 1.82) is 0 Å². The van der Waals surface area contributed by atoms with E-state index in [1.54, 1.807) is 0 Å². The minimum absolute atomic E-state index is 0.115. The molecule has 2 nitrogen and oxygen atoms in total. The Hall–Kier alpha value is -0.330. The van der Waals surface area contributed by atoms with Crippen LogP contribution < -0.4 is 5.32 Å². The van der Waals surface area contributed by atoms with Crippen LogP contribution >= 0.6 is 38.5 Å². The molecule has 1 aromatic heterocycles. The summed E-state index contributed by atoms with van der Waals surface area (Å²) in [5, 5.41) is 3.54. The number of rotatable bonds is 5. The van der Waals surface area contributed by atoms with Gasteiger partial charge in [0.25, 0.3) is 0 Å². The van der Waals surface area contributed by atoms with Gasteiger partial charge in [0.2, 0.25) is 0 Å². The lowest BCUT2D eigenvalue weighted by atomic mass is 10.0. The molecule has 0 fully saturated rings. The molecular formula is C14H15BrINO. The molecule has 0 aliphatic heterocycles. The van der Waals surface area contributed by atoms with Crippen molar-refractivity contribution in [1.82, 2.24) is 5.32 Å². The van der Waals surface area contributed by atoms with E-state index in [-0.39, 0.29) is 6.04 Å². The average Bonchev–Trinajstić information content (AvgIpc) is 2.78. The molecule has 1 atom stereocenters. The van der Waals surface area contributed by atoms with E-state index in [2.05, 4.69) is 75.0 Å². The molecule has 2 aromatic rings. The molecule has 0 aliphatic carbocycles. The van der Waals surface area contributed by atoms with Gasteiger partial charge in [0.1, 0.15) is 5.76 Å². The van der Waals surface area contributed by atoms with Crippen molar-refractivity contribution >= 4 is 38.5 Å². The minimum atomic E-state index is 0.115. The van der Waals surface area contributed by atoms with Crippen molar-refractivity contribution in [3.8, 4) is 0 Å². The van der Waals surface area contributed by atoms with Gasteiger partial charge in [-0.2, -0.15) is 0 Å². The van der Waals surface area contributed by atoms with E-state index in [1.807, 2.05) is 12.1 Å². The van der Waals surface area contributed by atoms with Crippen molar-refractivity contribution in [2.75, 3.05) is 6.54 Å². The highest BCUT2D eigenvalue weighted by Gasteiger charge is 2.18. The van der Waals surface area contributed by atoms with Crippen LogP contribution in [0.5, 0.6) is 0 Å². The van der Waals surface area contributed by atoms with Gasteiger partial charge in [0.15, 0.2) is 4.67 Å². The Morgan fingerprint density at radius 2 is 2.06 bits per heavy atom. The van der Waals surface area contributed by atoms with Crippen molar-refractivity contribution < 1.29 is 4.42 Å². The van der Waals surface area contributed by atoms with Crippen LogP contribution in [0.25, 0.3) is 0 Å².